The summed E-state index contributed by atoms with van der Waals surface area (Å²) >= 11 is 6.03. The molecule has 0 saturated carbocycles. The van der Waals surface area contributed by atoms with Gasteiger partial charge in [-0.15, -0.1) is 0 Å². The van der Waals surface area contributed by atoms with E-state index in [9.17, 15) is 29.2 Å². The van der Waals surface area contributed by atoms with E-state index >= 15 is 0 Å². The minimum absolute atomic E-state index is 0.233. The van der Waals surface area contributed by atoms with E-state index in [1.165, 1.54) is 12.1 Å². The Morgan fingerprint density at radius 2 is 1.44 bits per heavy atom. The van der Waals surface area contributed by atoms with Crippen molar-refractivity contribution >= 4 is 35.5 Å². The standard InChI is InChI=1S/C26H25ClN2O10/c1-13(30)35-12-21-22(36-14(2)31)23(37-15(3)32)24(38-16(4)33)26(39-21)29-20(10-7-18(11-28)25(29)34)17-5-8-19(27)9-6-17/h5-10,21-24,26H,12H2,1-4H3/t21-,22-,23+,24-,26-/m1/s1. The molecule has 206 valence electrons. The summed E-state index contributed by atoms with van der Waals surface area (Å²) in [5.74, 6) is -3.13. The van der Waals surface area contributed by atoms with Crippen molar-refractivity contribution in [1.82, 2.24) is 4.57 Å². The van der Waals surface area contributed by atoms with E-state index in [0.29, 0.717) is 10.6 Å². The van der Waals surface area contributed by atoms with Gasteiger partial charge in [-0.2, -0.15) is 5.26 Å². The molecule has 0 aliphatic carbocycles. The van der Waals surface area contributed by atoms with Crippen molar-refractivity contribution < 1.29 is 42.9 Å². The van der Waals surface area contributed by atoms with Crippen LogP contribution in [0.25, 0.3) is 11.3 Å². The first-order chi connectivity index (χ1) is 18.4. The number of rotatable bonds is 7. The average molecular weight is 561 g/mol. The fourth-order valence-corrected chi connectivity index (χ4v) is 4.29. The SMILES string of the molecule is CC(=O)OC[C@H]1O[C@@H](n2c(-c3ccc(Cl)cc3)ccc(C#N)c2=O)[C@H](OC(C)=O)[C@@H](OC(C)=O)[C@@H]1OC(C)=O. The summed E-state index contributed by atoms with van der Waals surface area (Å²) in [4.78, 5) is 61.5. The zero-order valence-electron chi connectivity index (χ0n) is 21.4. The second-order valence-electron chi connectivity index (χ2n) is 8.52. The summed E-state index contributed by atoms with van der Waals surface area (Å²) in [6, 6.07) is 11.0. The molecule has 1 fully saturated rings. The molecule has 0 amide bonds. The van der Waals surface area contributed by atoms with Crippen LogP contribution < -0.4 is 5.56 Å². The predicted molar refractivity (Wildman–Crippen MR) is 133 cm³/mol. The van der Waals surface area contributed by atoms with E-state index in [1.54, 1.807) is 30.3 Å². The summed E-state index contributed by atoms with van der Waals surface area (Å²) in [7, 11) is 0. The lowest BCUT2D eigenvalue weighted by atomic mass is 9.96. The van der Waals surface area contributed by atoms with Crippen LogP contribution in [0.15, 0.2) is 41.2 Å². The van der Waals surface area contributed by atoms with E-state index in [-0.39, 0.29) is 11.3 Å². The molecule has 0 bridgehead atoms. The fourth-order valence-electron chi connectivity index (χ4n) is 4.16. The maximum atomic E-state index is 13.6. The molecular weight excluding hydrogens is 536 g/mol. The summed E-state index contributed by atoms with van der Waals surface area (Å²) in [5, 5.41) is 9.99. The number of ether oxygens (including phenoxy) is 5. The van der Waals surface area contributed by atoms with Gasteiger partial charge in [-0.05, 0) is 29.8 Å². The number of nitriles is 1. The van der Waals surface area contributed by atoms with Gasteiger partial charge in [-0.1, -0.05) is 23.7 Å². The summed E-state index contributed by atoms with van der Waals surface area (Å²) < 4.78 is 28.6. The molecular formula is C26H25ClN2O10. The maximum Gasteiger partial charge on any atom is 0.303 e. The zero-order valence-corrected chi connectivity index (χ0v) is 22.2. The van der Waals surface area contributed by atoms with Crippen molar-refractivity contribution in [2.24, 2.45) is 0 Å². The second kappa shape index (κ2) is 12.6. The molecule has 1 aromatic heterocycles. The Bertz CT molecular complexity index is 1360. The first kappa shape index (κ1) is 29.3. The van der Waals surface area contributed by atoms with Crippen molar-refractivity contribution in [3.8, 4) is 17.3 Å². The third kappa shape index (κ3) is 7.01. The van der Waals surface area contributed by atoms with Crippen molar-refractivity contribution in [3.05, 3.63) is 57.3 Å². The van der Waals surface area contributed by atoms with Gasteiger partial charge in [0.25, 0.3) is 5.56 Å². The number of halogens is 1. The van der Waals surface area contributed by atoms with Crippen LogP contribution in [0.3, 0.4) is 0 Å². The van der Waals surface area contributed by atoms with E-state index in [1.807, 2.05) is 0 Å². The van der Waals surface area contributed by atoms with Crippen LogP contribution in [0, 0.1) is 11.3 Å². The van der Waals surface area contributed by atoms with Crippen LogP contribution >= 0.6 is 11.6 Å². The maximum absolute atomic E-state index is 13.6. The lowest BCUT2D eigenvalue weighted by molar-refractivity contribution is -0.268. The van der Waals surface area contributed by atoms with Gasteiger partial charge >= 0.3 is 23.9 Å². The van der Waals surface area contributed by atoms with Crippen molar-refractivity contribution in [3.63, 3.8) is 0 Å². The van der Waals surface area contributed by atoms with Gasteiger partial charge in [0.05, 0.1) is 5.69 Å². The normalized spacial score (nSPS) is 22.2. The van der Waals surface area contributed by atoms with Gasteiger partial charge < -0.3 is 23.7 Å². The number of aromatic nitrogens is 1. The highest BCUT2D eigenvalue weighted by atomic mass is 35.5. The molecule has 1 aliphatic heterocycles. The third-order valence-corrected chi connectivity index (χ3v) is 5.85. The molecule has 5 atom stereocenters. The molecule has 0 N–H and O–H groups in total. The number of benzene rings is 1. The minimum Gasteiger partial charge on any atom is -0.463 e. The number of esters is 4. The highest BCUT2D eigenvalue weighted by Crippen LogP contribution is 2.36. The molecule has 12 nitrogen and oxygen atoms in total. The zero-order chi connectivity index (χ0) is 28.9. The quantitative estimate of drug-likeness (QED) is 0.361. The number of hydrogen-bond donors (Lipinski definition) is 0. The molecule has 39 heavy (non-hydrogen) atoms. The van der Waals surface area contributed by atoms with Crippen molar-refractivity contribution in [2.45, 2.75) is 58.3 Å². The van der Waals surface area contributed by atoms with E-state index in [2.05, 4.69) is 0 Å². The Labute approximate surface area is 227 Å². The molecule has 2 aromatic rings. The Hall–Kier alpha value is -4.21. The van der Waals surface area contributed by atoms with Gasteiger partial charge in [-0.3, -0.25) is 28.5 Å². The summed E-state index contributed by atoms with van der Waals surface area (Å²) in [5.41, 5.74) is -0.364. The van der Waals surface area contributed by atoms with Crippen molar-refractivity contribution in [1.29, 1.82) is 5.26 Å². The number of pyridine rings is 1. The first-order valence-corrected chi connectivity index (χ1v) is 12.0. The van der Waals surface area contributed by atoms with Gasteiger partial charge in [0.15, 0.2) is 24.5 Å². The third-order valence-electron chi connectivity index (χ3n) is 5.60. The molecule has 1 saturated heterocycles. The number of carbonyl (C=O) groups excluding carboxylic acids is 4. The van der Waals surface area contributed by atoms with Crippen LogP contribution in [0.1, 0.15) is 39.5 Å². The van der Waals surface area contributed by atoms with E-state index in [0.717, 1.165) is 32.3 Å². The minimum atomic E-state index is -1.54. The number of carbonyl (C=O) groups is 4. The number of nitrogens with zero attached hydrogens (tertiary/aromatic N) is 2. The largest absolute Gasteiger partial charge is 0.463 e. The molecule has 2 heterocycles. The smallest absolute Gasteiger partial charge is 0.303 e. The van der Waals surface area contributed by atoms with Gasteiger partial charge in [0.2, 0.25) is 0 Å². The predicted octanol–water partition coefficient (Wildman–Crippen LogP) is 2.30. The molecule has 0 unspecified atom stereocenters. The van der Waals surface area contributed by atoms with Crippen LogP contribution in [-0.2, 0) is 42.9 Å². The second-order valence-corrected chi connectivity index (χ2v) is 8.95. The molecule has 3 rings (SSSR count). The highest BCUT2D eigenvalue weighted by Gasteiger charge is 2.53. The summed E-state index contributed by atoms with van der Waals surface area (Å²) in [6.07, 6.45) is -7.25. The molecule has 1 aliphatic rings. The molecule has 0 radical (unpaired) electrons. The van der Waals surface area contributed by atoms with Crippen LogP contribution in [0.5, 0.6) is 0 Å². The highest BCUT2D eigenvalue weighted by molar-refractivity contribution is 6.30. The van der Waals surface area contributed by atoms with Gasteiger partial charge in [0, 0.05) is 32.7 Å². The monoisotopic (exact) mass is 560 g/mol. The van der Waals surface area contributed by atoms with E-state index < -0.39 is 66.7 Å². The lowest BCUT2D eigenvalue weighted by Crippen LogP contribution is -2.61. The summed E-state index contributed by atoms with van der Waals surface area (Å²) in [6.45, 7) is 3.94. The molecule has 0 spiro atoms. The lowest BCUT2D eigenvalue weighted by Gasteiger charge is -2.45. The van der Waals surface area contributed by atoms with E-state index in [4.69, 9.17) is 35.3 Å². The Morgan fingerprint density at radius 3 is 1.97 bits per heavy atom. The van der Waals surface area contributed by atoms with Crippen LogP contribution in [0.4, 0.5) is 0 Å². The van der Waals surface area contributed by atoms with Crippen molar-refractivity contribution in [2.75, 3.05) is 6.61 Å². The molecule has 1 aromatic carbocycles. The van der Waals surface area contributed by atoms with Crippen LogP contribution in [0.2, 0.25) is 5.02 Å². The number of hydrogen-bond acceptors (Lipinski definition) is 11. The van der Waals surface area contributed by atoms with Crippen LogP contribution in [-0.4, -0.2) is 59.5 Å². The average Bonchev–Trinajstić information content (AvgIpc) is 2.85. The first-order valence-electron chi connectivity index (χ1n) is 11.6. The van der Waals surface area contributed by atoms with Gasteiger partial charge in [-0.25, -0.2) is 0 Å². The molecule has 13 heteroatoms. The fraction of sp³-hybridized carbons (Fsp3) is 0.385. The Balaban J connectivity index is 2.30. The topological polar surface area (TPSA) is 160 Å². The Morgan fingerprint density at radius 1 is 0.872 bits per heavy atom. The Kier molecular flexibility index (Phi) is 9.45. The van der Waals surface area contributed by atoms with Gasteiger partial charge in [0.1, 0.15) is 24.3 Å².